The highest BCUT2D eigenvalue weighted by molar-refractivity contribution is 5.91. The Morgan fingerprint density at radius 3 is 3.20 bits per heavy atom. The zero-order valence-electron chi connectivity index (χ0n) is 8.03. The molecule has 0 atom stereocenters. The van der Waals surface area contributed by atoms with Gasteiger partial charge in [-0.2, -0.15) is 5.26 Å². The van der Waals surface area contributed by atoms with Crippen LogP contribution in [0.5, 0.6) is 0 Å². The van der Waals surface area contributed by atoms with Crippen LogP contribution in [0, 0.1) is 11.3 Å². The smallest absolute Gasteiger partial charge is 0.182 e. The highest BCUT2D eigenvalue weighted by Crippen LogP contribution is 2.37. The number of aromatic nitrogens is 1. The molecule has 1 heterocycles. The number of rotatable bonds is 0. The number of fused-ring (bicyclic) bond motifs is 3. The minimum absolute atomic E-state index is 0.812. The van der Waals surface area contributed by atoms with E-state index in [9.17, 15) is 0 Å². The topological polar surface area (TPSA) is 49.8 Å². The Bertz CT molecular complexity index is 602. The largest absolute Gasteiger partial charge is 0.443 e. The lowest BCUT2D eigenvalue weighted by atomic mass is 10.1. The molecule has 0 saturated heterocycles. The lowest BCUT2D eigenvalue weighted by molar-refractivity contribution is 0.601. The van der Waals surface area contributed by atoms with E-state index >= 15 is 0 Å². The molecule has 0 bridgehead atoms. The monoisotopic (exact) mass is 196 g/mol. The van der Waals surface area contributed by atoms with Crippen LogP contribution in [-0.4, -0.2) is 4.98 Å². The Morgan fingerprint density at radius 1 is 1.40 bits per heavy atom. The van der Waals surface area contributed by atoms with Gasteiger partial charge in [-0.3, -0.25) is 0 Å². The summed E-state index contributed by atoms with van der Waals surface area (Å²) >= 11 is 0. The van der Waals surface area contributed by atoms with Crippen molar-refractivity contribution in [2.75, 3.05) is 0 Å². The third-order valence-corrected chi connectivity index (χ3v) is 2.81. The Labute approximate surface area is 86.6 Å². The van der Waals surface area contributed by atoms with E-state index < -0.39 is 0 Å². The van der Waals surface area contributed by atoms with E-state index in [0.717, 1.165) is 35.1 Å². The second-order valence-corrected chi connectivity index (χ2v) is 3.60. The van der Waals surface area contributed by atoms with Gasteiger partial charge in [0.1, 0.15) is 5.52 Å². The van der Waals surface area contributed by atoms with Crippen molar-refractivity contribution in [2.45, 2.75) is 12.8 Å². The van der Waals surface area contributed by atoms with E-state index in [4.69, 9.17) is 9.68 Å². The Balaban J connectivity index is 2.37. The molecule has 1 aliphatic rings. The summed E-state index contributed by atoms with van der Waals surface area (Å²) in [5, 5.41) is 8.70. The minimum Gasteiger partial charge on any atom is -0.443 e. The summed E-state index contributed by atoms with van der Waals surface area (Å²) in [5.41, 5.74) is 5.06. The van der Waals surface area contributed by atoms with Gasteiger partial charge in [-0.15, -0.1) is 0 Å². The lowest BCUT2D eigenvalue weighted by Gasteiger charge is -1.99. The third kappa shape index (κ3) is 1.08. The van der Waals surface area contributed by atoms with Gasteiger partial charge in [0.15, 0.2) is 12.0 Å². The molecule has 3 heteroatoms. The fourth-order valence-electron chi connectivity index (χ4n) is 2.15. The summed E-state index contributed by atoms with van der Waals surface area (Å²) in [6.07, 6.45) is 4.96. The number of hydrogen-bond donors (Lipinski definition) is 0. The van der Waals surface area contributed by atoms with Crippen LogP contribution in [0.25, 0.3) is 16.7 Å². The van der Waals surface area contributed by atoms with Crippen LogP contribution in [0.4, 0.5) is 0 Å². The molecular formula is C12H8N2O. The average Bonchev–Trinajstić information content (AvgIpc) is 2.83. The molecule has 1 aromatic heterocycles. The van der Waals surface area contributed by atoms with Crippen LogP contribution in [-0.2, 0) is 6.42 Å². The van der Waals surface area contributed by atoms with Gasteiger partial charge in [0.05, 0.1) is 6.07 Å². The maximum Gasteiger partial charge on any atom is 0.182 e. The predicted molar refractivity (Wildman–Crippen MR) is 55.9 cm³/mol. The van der Waals surface area contributed by atoms with Crippen molar-refractivity contribution >= 4 is 16.7 Å². The first-order chi connectivity index (χ1) is 7.40. The normalized spacial score (nSPS) is 16.9. The molecule has 15 heavy (non-hydrogen) atoms. The molecule has 3 rings (SSSR count). The first-order valence-corrected chi connectivity index (χ1v) is 4.84. The van der Waals surface area contributed by atoms with Crippen LogP contribution >= 0.6 is 0 Å². The summed E-state index contributed by atoms with van der Waals surface area (Å²) in [6, 6.07) is 6.12. The van der Waals surface area contributed by atoms with Crippen LogP contribution in [0.3, 0.4) is 0 Å². The summed E-state index contributed by atoms with van der Waals surface area (Å²) < 4.78 is 5.38. The first-order valence-electron chi connectivity index (χ1n) is 4.84. The summed E-state index contributed by atoms with van der Waals surface area (Å²) in [6.45, 7) is 0. The SMILES string of the molecule is N#C/C=C1\CCc2ccc3ncoc3c21. The Morgan fingerprint density at radius 2 is 2.33 bits per heavy atom. The Kier molecular flexibility index (Phi) is 1.63. The molecule has 72 valence electrons. The van der Waals surface area contributed by atoms with Crippen molar-refractivity contribution in [3.63, 3.8) is 0 Å². The molecule has 0 N–H and O–H groups in total. The standard InChI is InChI=1S/C12H8N2O/c13-6-5-9-2-1-8-3-4-10-12(11(8)9)15-7-14-10/h3-5,7H,1-2H2/b9-5+. The summed E-state index contributed by atoms with van der Waals surface area (Å²) in [4.78, 5) is 4.11. The van der Waals surface area contributed by atoms with E-state index in [-0.39, 0.29) is 0 Å². The maximum atomic E-state index is 8.70. The molecule has 0 spiro atoms. The average molecular weight is 196 g/mol. The van der Waals surface area contributed by atoms with Gasteiger partial charge in [0.2, 0.25) is 0 Å². The van der Waals surface area contributed by atoms with Crippen LogP contribution in [0.2, 0.25) is 0 Å². The predicted octanol–water partition coefficient (Wildman–Crippen LogP) is 2.68. The number of nitrogens with zero attached hydrogens (tertiary/aromatic N) is 2. The zero-order chi connectivity index (χ0) is 10.3. The second-order valence-electron chi connectivity index (χ2n) is 3.60. The quantitative estimate of drug-likeness (QED) is 0.608. The van der Waals surface area contributed by atoms with Crippen molar-refractivity contribution in [1.82, 2.24) is 4.98 Å². The van der Waals surface area contributed by atoms with E-state index in [1.807, 2.05) is 6.07 Å². The number of oxazole rings is 1. The molecule has 0 fully saturated rings. The van der Waals surface area contributed by atoms with Gasteiger partial charge in [-0.05, 0) is 30.0 Å². The zero-order valence-corrected chi connectivity index (χ0v) is 8.03. The van der Waals surface area contributed by atoms with E-state index in [0.29, 0.717) is 0 Å². The molecular weight excluding hydrogens is 188 g/mol. The summed E-state index contributed by atoms with van der Waals surface area (Å²) in [7, 11) is 0. The maximum absolute atomic E-state index is 8.70. The van der Waals surface area contributed by atoms with Gasteiger partial charge >= 0.3 is 0 Å². The van der Waals surface area contributed by atoms with Crippen molar-refractivity contribution in [2.24, 2.45) is 0 Å². The van der Waals surface area contributed by atoms with E-state index in [1.54, 1.807) is 6.08 Å². The van der Waals surface area contributed by atoms with Crippen LogP contribution in [0.15, 0.2) is 29.0 Å². The molecule has 0 unspecified atom stereocenters. The number of benzene rings is 1. The third-order valence-electron chi connectivity index (χ3n) is 2.81. The van der Waals surface area contributed by atoms with Crippen molar-refractivity contribution in [3.05, 3.63) is 35.7 Å². The van der Waals surface area contributed by atoms with Crippen molar-refractivity contribution in [3.8, 4) is 6.07 Å². The molecule has 1 aliphatic carbocycles. The Hall–Kier alpha value is -2.08. The molecule has 1 aromatic carbocycles. The van der Waals surface area contributed by atoms with Gasteiger partial charge in [0.25, 0.3) is 0 Å². The van der Waals surface area contributed by atoms with Gasteiger partial charge in [-0.1, -0.05) is 6.07 Å². The molecule has 0 saturated carbocycles. The minimum atomic E-state index is 0.812. The highest BCUT2D eigenvalue weighted by atomic mass is 16.3. The number of allylic oxidation sites excluding steroid dienone is 2. The first kappa shape index (κ1) is 8.25. The van der Waals surface area contributed by atoms with E-state index in [2.05, 4.69) is 17.1 Å². The molecule has 0 radical (unpaired) electrons. The molecule has 0 aliphatic heterocycles. The van der Waals surface area contributed by atoms with Crippen LogP contribution < -0.4 is 0 Å². The molecule has 2 aromatic rings. The highest BCUT2D eigenvalue weighted by Gasteiger charge is 2.20. The summed E-state index contributed by atoms with van der Waals surface area (Å²) in [5.74, 6) is 0. The second kappa shape index (κ2) is 2.96. The van der Waals surface area contributed by atoms with Gasteiger partial charge < -0.3 is 4.42 Å². The number of aryl methyl sites for hydroxylation is 1. The van der Waals surface area contributed by atoms with Gasteiger partial charge in [-0.25, -0.2) is 4.98 Å². The van der Waals surface area contributed by atoms with Gasteiger partial charge in [0, 0.05) is 11.6 Å². The van der Waals surface area contributed by atoms with E-state index in [1.165, 1.54) is 12.0 Å². The fourth-order valence-corrected chi connectivity index (χ4v) is 2.15. The number of hydrogen-bond acceptors (Lipinski definition) is 3. The fraction of sp³-hybridized carbons (Fsp3) is 0.167. The van der Waals surface area contributed by atoms with Crippen molar-refractivity contribution in [1.29, 1.82) is 5.26 Å². The lowest BCUT2D eigenvalue weighted by Crippen LogP contribution is -1.82. The molecule has 3 nitrogen and oxygen atoms in total. The molecule has 0 amide bonds. The van der Waals surface area contributed by atoms with Crippen molar-refractivity contribution < 1.29 is 4.42 Å². The van der Waals surface area contributed by atoms with Crippen LogP contribution in [0.1, 0.15) is 17.5 Å². The number of nitriles is 1.